The Labute approximate surface area is 69.9 Å². The molecule has 2 nitrogen and oxygen atoms in total. The highest BCUT2D eigenvalue weighted by Crippen LogP contribution is 2.27. The molecular weight excluding hydrogens is 191 g/mol. The molecule has 0 fully saturated rings. The van der Waals surface area contributed by atoms with E-state index in [1.807, 2.05) is 0 Å². The van der Waals surface area contributed by atoms with E-state index < -0.39 is 11.9 Å². The van der Waals surface area contributed by atoms with Gasteiger partial charge in [-0.15, -0.1) is 0 Å². The van der Waals surface area contributed by atoms with Crippen LogP contribution in [0.1, 0.15) is 5.69 Å². The minimum Gasteiger partial charge on any atom is -0.246 e. The lowest BCUT2D eigenvalue weighted by molar-refractivity contribution is -0.141. The van der Waals surface area contributed by atoms with Crippen LogP contribution in [0.3, 0.4) is 0 Å². The van der Waals surface area contributed by atoms with Gasteiger partial charge in [0.05, 0.1) is 6.20 Å². The maximum Gasteiger partial charge on any atom is 0.506 e. The molecule has 0 aliphatic heterocycles. The second kappa shape index (κ2) is 3.14. The van der Waals surface area contributed by atoms with Crippen molar-refractivity contribution in [1.29, 1.82) is 0 Å². The molecule has 0 spiro atoms. The third-order valence-electron chi connectivity index (χ3n) is 1.12. The van der Waals surface area contributed by atoms with Gasteiger partial charge in [-0.1, -0.05) is 0 Å². The monoisotopic (exact) mass is 194 g/mol. The highest BCUT2D eigenvalue weighted by Gasteiger charge is 2.32. The Bertz CT molecular complexity index is 282. The zero-order valence-corrected chi connectivity index (χ0v) is 6.45. The smallest absolute Gasteiger partial charge is 0.246 e. The van der Waals surface area contributed by atoms with Crippen molar-refractivity contribution in [1.82, 2.24) is 4.98 Å². The van der Waals surface area contributed by atoms with Crippen LogP contribution in [0, 0.1) is 0 Å². The van der Waals surface area contributed by atoms with Crippen molar-refractivity contribution in [2.24, 2.45) is 0 Å². The summed E-state index contributed by atoms with van der Waals surface area (Å²) in [6, 6.07) is 1.87. The molecule has 0 aromatic carbocycles. The summed E-state index contributed by atoms with van der Waals surface area (Å²) in [6.45, 7) is 0. The molecule has 0 amide bonds. The molecule has 0 saturated heterocycles. The average Bonchev–Trinajstić information content (AvgIpc) is 2.03. The predicted octanol–water partition coefficient (Wildman–Crippen LogP) is 1.89. The number of hydrogen-bond acceptors (Lipinski definition) is 2. The molecule has 1 aromatic heterocycles. The summed E-state index contributed by atoms with van der Waals surface area (Å²) < 4.78 is 45.7. The van der Waals surface area contributed by atoms with Crippen LogP contribution in [0.15, 0.2) is 23.2 Å². The van der Waals surface area contributed by atoms with Crippen molar-refractivity contribution >= 4 is 11.7 Å². The van der Waals surface area contributed by atoms with Gasteiger partial charge in [-0.05, 0) is 6.07 Å². The fraction of sp³-hybridized carbons (Fsp3) is 0.167. The minimum absolute atomic E-state index is 0.108. The molecular formula is C6H3F3NOS+. The van der Waals surface area contributed by atoms with E-state index in [9.17, 15) is 17.4 Å². The quantitative estimate of drug-likeness (QED) is 0.639. The SMILES string of the molecule is O=[S+]c1ccc(C(F)(F)F)nc1. The number of hydrogen-bond donors (Lipinski definition) is 0. The Hall–Kier alpha value is -1.04. The predicted molar refractivity (Wildman–Crippen MR) is 35.6 cm³/mol. The van der Waals surface area contributed by atoms with E-state index in [1.165, 1.54) is 0 Å². The highest BCUT2D eigenvalue weighted by atomic mass is 32.1. The molecule has 6 heteroatoms. The summed E-state index contributed by atoms with van der Waals surface area (Å²) in [5.41, 5.74) is -0.986. The van der Waals surface area contributed by atoms with E-state index in [2.05, 4.69) is 4.98 Å². The first-order valence-corrected chi connectivity index (χ1v) is 3.61. The van der Waals surface area contributed by atoms with Crippen LogP contribution in [-0.2, 0) is 22.1 Å². The molecule has 0 N–H and O–H groups in total. The molecule has 1 heterocycles. The maximum atomic E-state index is 11.9. The molecule has 0 bridgehead atoms. The fourth-order valence-corrected chi connectivity index (χ4v) is 0.817. The Morgan fingerprint density at radius 3 is 2.33 bits per heavy atom. The van der Waals surface area contributed by atoms with Gasteiger partial charge in [-0.3, -0.25) is 0 Å². The van der Waals surface area contributed by atoms with Crippen molar-refractivity contribution in [3.8, 4) is 0 Å². The Balaban J connectivity index is 3.00. The van der Waals surface area contributed by atoms with Crippen LogP contribution in [0.4, 0.5) is 13.2 Å². The van der Waals surface area contributed by atoms with Crippen molar-refractivity contribution < 1.29 is 17.4 Å². The summed E-state index contributed by atoms with van der Waals surface area (Å²) >= 11 is 0.108. The average molecular weight is 194 g/mol. The number of rotatable bonds is 1. The fourth-order valence-electron chi connectivity index (χ4n) is 0.597. The van der Waals surface area contributed by atoms with Gasteiger partial charge in [0, 0.05) is 10.3 Å². The van der Waals surface area contributed by atoms with Gasteiger partial charge >= 0.3 is 22.7 Å². The number of pyridine rings is 1. The van der Waals surface area contributed by atoms with Gasteiger partial charge in [-0.2, -0.15) is 13.2 Å². The molecule has 0 aliphatic rings. The van der Waals surface area contributed by atoms with Gasteiger partial charge < -0.3 is 0 Å². The lowest BCUT2D eigenvalue weighted by atomic mass is 10.3. The van der Waals surface area contributed by atoms with Crippen LogP contribution >= 0.6 is 0 Å². The third kappa shape index (κ3) is 1.97. The lowest BCUT2D eigenvalue weighted by Gasteiger charge is -2.02. The largest absolute Gasteiger partial charge is 0.506 e. The first kappa shape index (κ1) is 9.05. The van der Waals surface area contributed by atoms with E-state index in [4.69, 9.17) is 0 Å². The summed E-state index contributed by atoms with van der Waals surface area (Å²) in [7, 11) is 0. The second-order valence-electron chi connectivity index (χ2n) is 1.96. The normalized spacial score (nSPS) is 11.2. The standard InChI is InChI=1S/C6H3F3NOS/c7-6(8,9)5-2-1-4(12-11)3-10-5/h1-3H/q+1. The summed E-state index contributed by atoms with van der Waals surface area (Å²) in [4.78, 5) is 3.24. The van der Waals surface area contributed by atoms with Gasteiger partial charge in [-0.25, -0.2) is 4.98 Å². The Morgan fingerprint density at radius 2 is 2.00 bits per heavy atom. The van der Waals surface area contributed by atoms with Crippen LogP contribution in [0.5, 0.6) is 0 Å². The number of aromatic nitrogens is 1. The first-order chi connectivity index (χ1) is 5.54. The Kier molecular flexibility index (Phi) is 2.37. The van der Waals surface area contributed by atoms with Gasteiger partial charge in [0.2, 0.25) is 0 Å². The minimum atomic E-state index is -4.44. The Morgan fingerprint density at radius 1 is 1.33 bits per heavy atom. The molecule has 64 valence electrons. The van der Waals surface area contributed by atoms with Crippen LogP contribution in [-0.4, -0.2) is 4.98 Å². The molecule has 12 heavy (non-hydrogen) atoms. The summed E-state index contributed by atoms with van der Waals surface area (Å²) in [6.07, 6.45) is -3.54. The van der Waals surface area contributed by atoms with Gasteiger partial charge in [0.15, 0.2) is 0 Å². The van der Waals surface area contributed by atoms with Gasteiger partial charge in [0.1, 0.15) is 5.69 Å². The van der Waals surface area contributed by atoms with Crippen molar-refractivity contribution in [2.45, 2.75) is 11.1 Å². The van der Waals surface area contributed by atoms with E-state index in [0.717, 1.165) is 18.3 Å². The number of alkyl halides is 3. The van der Waals surface area contributed by atoms with Crippen LogP contribution in [0.25, 0.3) is 0 Å². The molecule has 0 aliphatic carbocycles. The van der Waals surface area contributed by atoms with E-state index in [-0.39, 0.29) is 16.6 Å². The zero-order chi connectivity index (χ0) is 9.19. The molecule has 1 rings (SSSR count). The molecule has 0 unspecified atom stereocenters. The third-order valence-corrected chi connectivity index (χ3v) is 1.56. The molecule has 0 saturated carbocycles. The lowest BCUT2D eigenvalue weighted by Crippen LogP contribution is -2.07. The first-order valence-electron chi connectivity index (χ1n) is 2.87. The van der Waals surface area contributed by atoms with E-state index >= 15 is 0 Å². The van der Waals surface area contributed by atoms with Crippen molar-refractivity contribution in [2.75, 3.05) is 0 Å². The molecule has 0 atom stereocenters. The van der Waals surface area contributed by atoms with Crippen molar-refractivity contribution in [3.63, 3.8) is 0 Å². The maximum absolute atomic E-state index is 11.9. The second-order valence-corrected chi connectivity index (χ2v) is 2.60. The van der Waals surface area contributed by atoms with E-state index in [1.54, 1.807) is 0 Å². The zero-order valence-electron chi connectivity index (χ0n) is 5.63. The molecule has 1 aromatic rings. The van der Waals surface area contributed by atoms with Crippen LogP contribution < -0.4 is 0 Å². The summed E-state index contributed by atoms with van der Waals surface area (Å²) in [5.74, 6) is 0. The van der Waals surface area contributed by atoms with Gasteiger partial charge in [0.25, 0.3) is 0 Å². The highest BCUT2D eigenvalue weighted by molar-refractivity contribution is 7.65. The number of halogens is 3. The van der Waals surface area contributed by atoms with E-state index in [0.29, 0.717) is 0 Å². The van der Waals surface area contributed by atoms with Crippen molar-refractivity contribution in [3.05, 3.63) is 24.0 Å². The topological polar surface area (TPSA) is 30.0 Å². The summed E-state index contributed by atoms with van der Waals surface area (Å²) in [5, 5.41) is 0. The number of nitrogens with zero attached hydrogens (tertiary/aromatic N) is 1. The van der Waals surface area contributed by atoms with Crippen LogP contribution in [0.2, 0.25) is 0 Å². The molecule has 0 radical (unpaired) electrons.